The van der Waals surface area contributed by atoms with E-state index in [4.69, 9.17) is 21.0 Å². The molecule has 1 aromatic rings. The van der Waals surface area contributed by atoms with Gasteiger partial charge in [-0.1, -0.05) is 17.7 Å². The third kappa shape index (κ3) is 3.05. The van der Waals surface area contributed by atoms with Crippen LogP contribution in [-0.4, -0.2) is 36.9 Å². The second-order valence-electron chi connectivity index (χ2n) is 6.05. The minimum atomic E-state index is -0.935. The SMILES string of the molecule is CC(C)(O)C(C)(C)OBc1ccc2c(c1Cl)NCCO2. The fourth-order valence-electron chi connectivity index (χ4n) is 1.77. The lowest BCUT2D eigenvalue weighted by Crippen LogP contribution is -2.49. The summed E-state index contributed by atoms with van der Waals surface area (Å²) in [4.78, 5) is 0. The van der Waals surface area contributed by atoms with E-state index >= 15 is 0 Å². The molecule has 110 valence electrons. The lowest BCUT2D eigenvalue weighted by Gasteiger charge is -2.37. The van der Waals surface area contributed by atoms with E-state index in [0.29, 0.717) is 19.1 Å². The summed E-state index contributed by atoms with van der Waals surface area (Å²) in [6.07, 6.45) is 0. The normalized spacial score (nSPS) is 15.1. The topological polar surface area (TPSA) is 50.7 Å². The number of anilines is 1. The highest BCUT2D eigenvalue weighted by Gasteiger charge is 2.36. The fraction of sp³-hybridized carbons (Fsp3) is 0.571. The highest BCUT2D eigenvalue weighted by atomic mass is 35.5. The number of benzene rings is 1. The summed E-state index contributed by atoms with van der Waals surface area (Å²) < 4.78 is 11.4. The maximum Gasteiger partial charge on any atom is 0.311 e. The van der Waals surface area contributed by atoms with Gasteiger partial charge in [-0.05, 0) is 39.2 Å². The molecule has 1 aliphatic heterocycles. The molecule has 20 heavy (non-hydrogen) atoms. The molecule has 1 aromatic carbocycles. The predicted molar refractivity (Wildman–Crippen MR) is 83.7 cm³/mol. The van der Waals surface area contributed by atoms with Gasteiger partial charge in [-0.15, -0.1) is 0 Å². The zero-order chi connectivity index (χ0) is 15.0. The van der Waals surface area contributed by atoms with Gasteiger partial charge >= 0.3 is 7.48 Å². The smallest absolute Gasteiger partial charge is 0.311 e. The molecule has 0 fully saturated rings. The summed E-state index contributed by atoms with van der Waals surface area (Å²) in [5.41, 5.74) is 0.0893. The summed E-state index contributed by atoms with van der Waals surface area (Å²) in [6, 6.07) is 3.79. The number of nitrogens with one attached hydrogen (secondary N) is 1. The highest BCUT2D eigenvalue weighted by Crippen LogP contribution is 2.33. The Morgan fingerprint density at radius 2 is 2.05 bits per heavy atom. The minimum Gasteiger partial charge on any atom is -0.490 e. The van der Waals surface area contributed by atoms with Crippen molar-refractivity contribution >= 4 is 30.2 Å². The Morgan fingerprint density at radius 3 is 2.70 bits per heavy atom. The van der Waals surface area contributed by atoms with Crippen LogP contribution in [0.15, 0.2) is 12.1 Å². The quantitative estimate of drug-likeness (QED) is 0.831. The maximum absolute atomic E-state index is 10.1. The third-order valence-electron chi connectivity index (χ3n) is 3.91. The first-order chi connectivity index (χ1) is 9.22. The van der Waals surface area contributed by atoms with E-state index in [9.17, 15) is 5.11 Å². The van der Waals surface area contributed by atoms with Crippen molar-refractivity contribution in [1.29, 1.82) is 0 Å². The van der Waals surface area contributed by atoms with E-state index in [1.54, 1.807) is 13.8 Å². The van der Waals surface area contributed by atoms with Crippen molar-refractivity contribution in [2.24, 2.45) is 0 Å². The summed E-state index contributed by atoms with van der Waals surface area (Å²) >= 11 is 6.38. The lowest BCUT2D eigenvalue weighted by atomic mass is 9.82. The average Bonchev–Trinajstić information content (AvgIpc) is 2.37. The number of ether oxygens (including phenoxy) is 1. The second kappa shape index (κ2) is 5.47. The van der Waals surface area contributed by atoms with Crippen molar-refractivity contribution in [3.05, 3.63) is 17.2 Å². The molecule has 0 spiro atoms. The molecule has 1 aliphatic rings. The van der Waals surface area contributed by atoms with Gasteiger partial charge in [0.15, 0.2) is 0 Å². The first kappa shape index (κ1) is 15.5. The van der Waals surface area contributed by atoms with Crippen LogP contribution in [0.2, 0.25) is 5.02 Å². The molecule has 1 heterocycles. The fourth-order valence-corrected chi connectivity index (χ4v) is 2.05. The van der Waals surface area contributed by atoms with Crippen molar-refractivity contribution in [3.8, 4) is 5.75 Å². The first-order valence-corrected chi connectivity index (χ1v) is 7.14. The van der Waals surface area contributed by atoms with Crippen molar-refractivity contribution in [2.45, 2.75) is 38.9 Å². The third-order valence-corrected chi connectivity index (χ3v) is 4.34. The van der Waals surface area contributed by atoms with Crippen LogP contribution in [-0.2, 0) is 4.65 Å². The van der Waals surface area contributed by atoms with Crippen LogP contribution >= 0.6 is 11.6 Å². The van der Waals surface area contributed by atoms with Gasteiger partial charge in [0.25, 0.3) is 0 Å². The number of aliphatic hydroxyl groups is 1. The molecule has 0 unspecified atom stereocenters. The average molecular weight is 298 g/mol. The van der Waals surface area contributed by atoms with Crippen LogP contribution in [0.5, 0.6) is 5.75 Å². The van der Waals surface area contributed by atoms with Crippen LogP contribution < -0.4 is 15.5 Å². The number of rotatable bonds is 4. The van der Waals surface area contributed by atoms with Gasteiger partial charge in [0.1, 0.15) is 12.4 Å². The van der Waals surface area contributed by atoms with Gasteiger partial charge in [-0.25, -0.2) is 0 Å². The van der Waals surface area contributed by atoms with Crippen molar-refractivity contribution in [1.82, 2.24) is 0 Å². The first-order valence-electron chi connectivity index (χ1n) is 6.77. The summed E-state index contributed by atoms with van der Waals surface area (Å²) in [5, 5.41) is 14.0. The number of hydrogen-bond donors (Lipinski definition) is 2. The van der Waals surface area contributed by atoms with Crippen LogP contribution in [0.4, 0.5) is 5.69 Å². The molecule has 0 amide bonds. The molecule has 2 rings (SSSR count). The summed E-state index contributed by atoms with van der Waals surface area (Å²) in [5.74, 6) is 0.770. The van der Waals surface area contributed by atoms with Gasteiger partial charge in [0.05, 0.1) is 21.9 Å². The van der Waals surface area contributed by atoms with Gasteiger partial charge in [0, 0.05) is 6.54 Å². The molecule has 0 bridgehead atoms. The standard InChI is InChI=1S/C14H21BClNO3/c1-13(2,18)14(3,4)20-15-9-5-6-10-12(11(9)16)17-7-8-19-10/h5-6,15,17-18H,7-8H2,1-4H3. The number of hydrogen-bond acceptors (Lipinski definition) is 4. The molecule has 0 atom stereocenters. The van der Waals surface area contributed by atoms with E-state index in [1.165, 1.54) is 0 Å². The molecule has 4 nitrogen and oxygen atoms in total. The van der Waals surface area contributed by atoms with Crippen molar-refractivity contribution < 1.29 is 14.5 Å². The minimum absolute atomic E-state index is 0.338. The molecule has 0 saturated carbocycles. The molecule has 2 N–H and O–H groups in total. The molecule has 0 radical (unpaired) electrons. The summed E-state index contributed by atoms with van der Waals surface area (Å²) in [6.45, 7) is 8.58. The second-order valence-corrected chi connectivity index (χ2v) is 6.42. The van der Waals surface area contributed by atoms with Gasteiger partial charge in [-0.3, -0.25) is 0 Å². The molecule has 0 aromatic heterocycles. The van der Waals surface area contributed by atoms with E-state index in [2.05, 4.69) is 5.32 Å². The van der Waals surface area contributed by atoms with E-state index < -0.39 is 11.2 Å². The Hall–Kier alpha value is -0.905. The summed E-state index contributed by atoms with van der Waals surface area (Å²) in [7, 11) is 0.338. The van der Waals surface area contributed by atoms with Gasteiger partial charge in [0.2, 0.25) is 0 Å². The zero-order valence-corrected chi connectivity index (χ0v) is 13.2. The van der Waals surface area contributed by atoms with Gasteiger partial charge < -0.3 is 19.8 Å². The Labute approximate surface area is 125 Å². The monoisotopic (exact) mass is 297 g/mol. The molecule has 6 heteroatoms. The molecule has 0 saturated heterocycles. The highest BCUT2D eigenvalue weighted by molar-refractivity contribution is 6.54. The van der Waals surface area contributed by atoms with E-state index in [1.807, 2.05) is 26.0 Å². The van der Waals surface area contributed by atoms with E-state index in [-0.39, 0.29) is 0 Å². The number of halogens is 1. The number of fused-ring (bicyclic) bond motifs is 1. The Morgan fingerprint density at radius 1 is 1.35 bits per heavy atom. The van der Waals surface area contributed by atoms with Crippen LogP contribution in [0.1, 0.15) is 27.7 Å². The van der Waals surface area contributed by atoms with Crippen molar-refractivity contribution in [2.75, 3.05) is 18.5 Å². The van der Waals surface area contributed by atoms with Crippen molar-refractivity contribution in [3.63, 3.8) is 0 Å². The van der Waals surface area contributed by atoms with Gasteiger partial charge in [-0.2, -0.15) is 0 Å². The van der Waals surface area contributed by atoms with E-state index in [0.717, 1.165) is 23.4 Å². The Balaban J connectivity index is 2.15. The molecular weight excluding hydrogens is 276 g/mol. The Bertz CT molecular complexity index is 500. The van der Waals surface area contributed by atoms with Crippen LogP contribution in [0.3, 0.4) is 0 Å². The van der Waals surface area contributed by atoms with Crippen LogP contribution in [0.25, 0.3) is 0 Å². The predicted octanol–water partition coefficient (Wildman–Crippen LogP) is 1.69. The maximum atomic E-state index is 10.1. The van der Waals surface area contributed by atoms with Crippen LogP contribution in [0, 0.1) is 0 Å². The lowest BCUT2D eigenvalue weighted by molar-refractivity contribution is -0.0893. The molecular formula is C14H21BClNO3. The Kier molecular flexibility index (Phi) is 4.23. The largest absolute Gasteiger partial charge is 0.490 e. The molecule has 0 aliphatic carbocycles. The zero-order valence-electron chi connectivity index (χ0n) is 12.4.